The molecule has 3 heterocycles. The smallest absolute Gasteiger partial charge is 0.242 e. The maximum Gasteiger partial charge on any atom is 0.242 e. The number of likely N-dealkylation sites (N-methyl/N-ethyl adjacent to an activating group) is 1. The maximum atomic E-state index is 12.5. The van der Waals surface area contributed by atoms with Gasteiger partial charge in [-0.25, -0.2) is 4.98 Å². The molecule has 0 aliphatic carbocycles. The summed E-state index contributed by atoms with van der Waals surface area (Å²) in [7, 11) is 1.84. The third kappa shape index (κ3) is 3.15. The Morgan fingerprint density at radius 3 is 2.83 bits per heavy atom. The molecule has 0 saturated heterocycles. The molecule has 8 heteroatoms. The molecule has 0 atom stereocenters. The summed E-state index contributed by atoms with van der Waals surface area (Å²) in [6.45, 7) is 6.40. The Kier molecular flexibility index (Phi) is 4.22. The first-order valence-corrected chi connectivity index (χ1v) is 7.73. The molecule has 0 N–H and O–H groups in total. The number of aromatic nitrogens is 5. The molecular weight excluding hydrogens is 294 g/mol. The molecule has 1 aliphatic heterocycles. The number of anilines is 1. The normalized spacial score (nSPS) is 14.0. The summed E-state index contributed by atoms with van der Waals surface area (Å²) in [4.78, 5) is 24.4. The minimum absolute atomic E-state index is 0.0542. The van der Waals surface area contributed by atoms with Gasteiger partial charge >= 0.3 is 0 Å². The van der Waals surface area contributed by atoms with Gasteiger partial charge < -0.3 is 14.4 Å². The molecule has 2 aromatic rings. The highest BCUT2D eigenvalue weighted by Gasteiger charge is 2.25. The Morgan fingerprint density at radius 1 is 1.30 bits per heavy atom. The van der Waals surface area contributed by atoms with E-state index >= 15 is 0 Å². The molecule has 0 fully saturated rings. The van der Waals surface area contributed by atoms with E-state index in [0.29, 0.717) is 24.8 Å². The van der Waals surface area contributed by atoms with E-state index in [0.717, 1.165) is 18.2 Å². The molecule has 0 spiro atoms. The van der Waals surface area contributed by atoms with E-state index in [9.17, 15) is 4.79 Å². The standard InChI is InChI=1S/C15H21N7O/c1-11(2)15-19-18-13-9-21(6-7-22(13)15)14(23)10-20(3)12-8-16-4-5-17-12/h4-5,8,11H,6-7,9-10H2,1-3H3. The second-order valence-corrected chi connectivity index (χ2v) is 6.02. The van der Waals surface area contributed by atoms with E-state index in [-0.39, 0.29) is 12.5 Å². The van der Waals surface area contributed by atoms with E-state index in [1.165, 1.54) is 0 Å². The van der Waals surface area contributed by atoms with Crippen LogP contribution in [-0.4, -0.2) is 55.7 Å². The number of hydrogen-bond acceptors (Lipinski definition) is 6. The van der Waals surface area contributed by atoms with Crippen molar-refractivity contribution in [2.75, 3.05) is 25.0 Å². The number of amides is 1. The Hall–Kier alpha value is -2.51. The van der Waals surface area contributed by atoms with Crippen LogP contribution in [0.3, 0.4) is 0 Å². The van der Waals surface area contributed by atoms with Crippen LogP contribution in [0.15, 0.2) is 18.6 Å². The third-order valence-electron chi connectivity index (χ3n) is 3.96. The van der Waals surface area contributed by atoms with E-state index in [1.54, 1.807) is 23.5 Å². The summed E-state index contributed by atoms with van der Waals surface area (Å²) in [5.41, 5.74) is 0. The average molecular weight is 315 g/mol. The molecule has 0 aromatic carbocycles. The van der Waals surface area contributed by atoms with Gasteiger partial charge in [0.15, 0.2) is 5.82 Å². The number of carbonyl (C=O) groups excluding carboxylic acids is 1. The summed E-state index contributed by atoms with van der Waals surface area (Å²) in [6, 6.07) is 0. The van der Waals surface area contributed by atoms with Gasteiger partial charge in [-0.05, 0) is 0 Å². The van der Waals surface area contributed by atoms with E-state index in [1.807, 2.05) is 11.9 Å². The zero-order valence-electron chi connectivity index (χ0n) is 13.7. The van der Waals surface area contributed by atoms with Crippen LogP contribution >= 0.6 is 0 Å². The van der Waals surface area contributed by atoms with Gasteiger partial charge in [-0.15, -0.1) is 10.2 Å². The molecule has 1 amide bonds. The van der Waals surface area contributed by atoms with Crippen molar-refractivity contribution in [3.8, 4) is 0 Å². The van der Waals surface area contributed by atoms with E-state index in [4.69, 9.17) is 0 Å². The predicted octanol–water partition coefficient (Wildman–Crippen LogP) is 0.670. The summed E-state index contributed by atoms with van der Waals surface area (Å²) >= 11 is 0. The zero-order valence-corrected chi connectivity index (χ0v) is 13.7. The summed E-state index contributed by atoms with van der Waals surface area (Å²) in [6.07, 6.45) is 4.88. The first-order chi connectivity index (χ1) is 11.1. The minimum atomic E-state index is 0.0542. The predicted molar refractivity (Wildman–Crippen MR) is 84.8 cm³/mol. The van der Waals surface area contributed by atoms with Gasteiger partial charge in [0, 0.05) is 38.4 Å². The molecule has 122 valence electrons. The summed E-state index contributed by atoms with van der Waals surface area (Å²) in [5.74, 6) is 2.92. The molecule has 23 heavy (non-hydrogen) atoms. The van der Waals surface area contributed by atoms with Crippen LogP contribution in [0.4, 0.5) is 5.82 Å². The largest absolute Gasteiger partial charge is 0.349 e. The Bertz CT molecular complexity index is 682. The second kappa shape index (κ2) is 6.31. The fourth-order valence-corrected chi connectivity index (χ4v) is 2.69. The summed E-state index contributed by atoms with van der Waals surface area (Å²) < 4.78 is 2.13. The van der Waals surface area contributed by atoms with Crippen molar-refractivity contribution in [2.24, 2.45) is 0 Å². The molecule has 8 nitrogen and oxygen atoms in total. The SMILES string of the molecule is CC(C)c1nnc2n1CCN(C(=O)CN(C)c1cnccn1)C2. The molecule has 0 radical (unpaired) electrons. The lowest BCUT2D eigenvalue weighted by Gasteiger charge is -2.30. The maximum absolute atomic E-state index is 12.5. The highest BCUT2D eigenvalue weighted by Crippen LogP contribution is 2.18. The van der Waals surface area contributed by atoms with Crippen LogP contribution in [0.1, 0.15) is 31.4 Å². The molecule has 3 rings (SSSR count). The van der Waals surface area contributed by atoms with Gasteiger partial charge in [-0.2, -0.15) is 0 Å². The lowest BCUT2D eigenvalue weighted by Crippen LogP contribution is -2.43. The number of fused-ring (bicyclic) bond motifs is 1. The van der Waals surface area contributed by atoms with Gasteiger partial charge in [0.1, 0.15) is 11.6 Å². The van der Waals surface area contributed by atoms with Crippen LogP contribution in [0.25, 0.3) is 0 Å². The number of carbonyl (C=O) groups is 1. The van der Waals surface area contributed by atoms with Crippen molar-refractivity contribution in [2.45, 2.75) is 32.9 Å². The quantitative estimate of drug-likeness (QED) is 0.825. The second-order valence-electron chi connectivity index (χ2n) is 6.02. The zero-order chi connectivity index (χ0) is 16.4. The molecule has 1 aliphatic rings. The Balaban J connectivity index is 1.65. The topological polar surface area (TPSA) is 80.0 Å². The van der Waals surface area contributed by atoms with Crippen LogP contribution in [0.5, 0.6) is 0 Å². The first-order valence-electron chi connectivity index (χ1n) is 7.73. The third-order valence-corrected chi connectivity index (χ3v) is 3.96. The Labute approximate surface area is 135 Å². The average Bonchev–Trinajstić information content (AvgIpc) is 2.98. The van der Waals surface area contributed by atoms with Gasteiger partial charge in [-0.3, -0.25) is 9.78 Å². The van der Waals surface area contributed by atoms with Gasteiger partial charge in [-0.1, -0.05) is 13.8 Å². The van der Waals surface area contributed by atoms with Gasteiger partial charge in [0.05, 0.1) is 19.3 Å². The van der Waals surface area contributed by atoms with Crippen molar-refractivity contribution < 1.29 is 4.79 Å². The first kappa shape index (κ1) is 15.4. The van der Waals surface area contributed by atoms with Crippen LogP contribution < -0.4 is 4.90 Å². The summed E-state index contributed by atoms with van der Waals surface area (Å²) in [5, 5.41) is 8.48. The van der Waals surface area contributed by atoms with Gasteiger partial charge in [0.2, 0.25) is 5.91 Å². The van der Waals surface area contributed by atoms with E-state index < -0.39 is 0 Å². The van der Waals surface area contributed by atoms with E-state index in [2.05, 4.69) is 38.6 Å². The van der Waals surface area contributed by atoms with Crippen molar-refractivity contribution in [3.05, 3.63) is 30.2 Å². The lowest BCUT2D eigenvalue weighted by molar-refractivity contribution is -0.131. The number of nitrogens with zero attached hydrogens (tertiary/aromatic N) is 7. The fraction of sp³-hybridized carbons (Fsp3) is 0.533. The van der Waals surface area contributed by atoms with Crippen LogP contribution in [-0.2, 0) is 17.9 Å². The molecule has 0 unspecified atom stereocenters. The van der Waals surface area contributed by atoms with Crippen LogP contribution in [0.2, 0.25) is 0 Å². The number of hydrogen-bond donors (Lipinski definition) is 0. The van der Waals surface area contributed by atoms with Crippen molar-refractivity contribution in [1.82, 2.24) is 29.6 Å². The minimum Gasteiger partial charge on any atom is -0.349 e. The monoisotopic (exact) mass is 315 g/mol. The van der Waals surface area contributed by atoms with Crippen LogP contribution in [0, 0.1) is 0 Å². The highest BCUT2D eigenvalue weighted by molar-refractivity contribution is 5.81. The molecular formula is C15H21N7O. The molecule has 2 aromatic heterocycles. The Morgan fingerprint density at radius 2 is 2.13 bits per heavy atom. The van der Waals surface area contributed by atoms with Crippen molar-refractivity contribution in [1.29, 1.82) is 0 Å². The molecule has 0 bridgehead atoms. The van der Waals surface area contributed by atoms with Crippen molar-refractivity contribution in [3.63, 3.8) is 0 Å². The highest BCUT2D eigenvalue weighted by atomic mass is 16.2. The lowest BCUT2D eigenvalue weighted by atomic mass is 10.2. The fourth-order valence-electron chi connectivity index (χ4n) is 2.69. The number of rotatable bonds is 4. The van der Waals surface area contributed by atoms with Gasteiger partial charge in [0.25, 0.3) is 0 Å². The van der Waals surface area contributed by atoms with Crippen molar-refractivity contribution >= 4 is 11.7 Å². The molecule has 0 saturated carbocycles.